The first kappa shape index (κ1) is 20.2. The maximum absolute atomic E-state index is 10.2. The Kier molecular flexibility index (Phi) is 7.13. The Labute approximate surface area is 166 Å². The van der Waals surface area contributed by atoms with E-state index in [1.165, 1.54) is 0 Å². The van der Waals surface area contributed by atoms with Crippen LogP contribution in [0.5, 0.6) is 5.75 Å². The molecule has 0 radical (unpaired) electrons. The van der Waals surface area contributed by atoms with E-state index in [1.807, 2.05) is 38.1 Å². The van der Waals surface area contributed by atoms with E-state index in [4.69, 9.17) is 25.8 Å². The maximum Gasteiger partial charge on any atom is 0.160 e. The molecule has 0 bridgehead atoms. The van der Waals surface area contributed by atoms with Crippen LogP contribution in [-0.4, -0.2) is 30.7 Å². The summed E-state index contributed by atoms with van der Waals surface area (Å²) in [6.07, 6.45) is 0.814. The summed E-state index contributed by atoms with van der Waals surface area (Å²) in [4.78, 5) is 0. The average Bonchev–Trinajstić information content (AvgIpc) is 2.65. The predicted molar refractivity (Wildman–Crippen MR) is 106 cm³/mol. The second-order valence-electron chi connectivity index (χ2n) is 6.74. The zero-order valence-electron chi connectivity index (χ0n) is 15.9. The minimum atomic E-state index is -0.425. The SMILES string of the molecule is CCOc1ccc(Cc2cc(C3CC(O)CC(OCC)O3)ccc2Cl)cc1. The minimum absolute atomic E-state index is 0.193. The third-order valence-electron chi connectivity index (χ3n) is 4.69. The third kappa shape index (κ3) is 5.45. The molecule has 3 atom stereocenters. The van der Waals surface area contributed by atoms with Crippen LogP contribution in [0.15, 0.2) is 42.5 Å². The summed E-state index contributed by atoms with van der Waals surface area (Å²) >= 11 is 6.43. The fourth-order valence-electron chi connectivity index (χ4n) is 3.39. The van der Waals surface area contributed by atoms with Crippen molar-refractivity contribution in [2.45, 2.75) is 51.6 Å². The number of rotatable bonds is 7. The van der Waals surface area contributed by atoms with E-state index in [-0.39, 0.29) is 12.4 Å². The zero-order valence-corrected chi connectivity index (χ0v) is 16.6. The molecule has 1 aliphatic rings. The highest BCUT2D eigenvalue weighted by Crippen LogP contribution is 2.34. The Morgan fingerprint density at radius 2 is 1.85 bits per heavy atom. The quantitative estimate of drug-likeness (QED) is 0.730. The van der Waals surface area contributed by atoms with Crippen LogP contribution in [0.3, 0.4) is 0 Å². The highest BCUT2D eigenvalue weighted by molar-refractivity contribution is 6.31. The average molecular weight is 391 g/mol. The standard InChI is InChI=1S/C22H27ClO4/c1-3-25-19-8-5-15(6-9-19)11-17-12-16(7-10-20(17)23)21-13-18(24)14-22(27-21)26-4-2/h5-10,12,18,21-22,24H,3-4,11,13-14H2,1-2H3. The number of ether oxygens (including phenoxy) is 3. The Morgan fingerprint density at radius 3 is 2.56 bits per heavy atom. The summed E-state index contributed by atoms with van der Waals surface area (Å²) in [5.74, 6) is 0.868. The maximum atomic E-state index is 10.2. The smallest absolute Gasteiger partial charge is 0.160 e. The molecule has 0 aromatic heterocycles. The number of hydrogen-bond acceptors (Lipinski definition) is 4. The predicted octanol–water partition coefficient (Wildman–Crippen LogP) is 4.90. The van der Waals surface area contributed by atoms with Gasteiger partial charge in [-0.05, 0) is 55.2 Å². The molecule has 5 heteroatoms. The van der Waals surface area contributed by atoms with Crippen molar-refractivity contribution in [3.05, 3.63) is 64.2 Å². The number of aliphatic hydroxyl groups excluding tert-OH is 1. The van der Waals surface area contributed by atoms with Gasteiger partial charge in [-0.3, -0.25) is 0 Å². The third-order valence-corrected chi connectivity index (χ3v) is 5.06. The Morgan fingerprint density at radius 1 is 1.07 bits per heavy atom. The van der Waals surface area contributed by atoms with Gasteiger partial charge in [0.25, 0.3) is 0 Å². The van der Waals surface area contributed by atoms with Gasteiger partial charge in [-0.25, -0.2) is 0 Å². The monoisotopic (exact) mass is 390 g/mol. The lowest BCUT2D eigenvalue weighted by Gasteiger charge is -2.33. The summed E-state index contributed by atoms with van der Waals surface area (Å²) in [5, 5.41) is 10.9. The molecule has 4 nitrogen and oxygen atoms in total. The van der Waals surface area contributed by atoms with E-state index in [0.717, 1.165) is 33.9 Å². The van der Waals surface area contributed by atoms with Crippen LogP contribution in [0.4, 0.5) is 0 Å². The second-order valence-corrected chi connectivity index (χ2v) is 7.15. The molecule has 2 aromatic rings. The summed E-state index contributed by atoms with van der Waals surface area (Å²) in [6.45, 7) is 5.12. The van der Waals surface area contributed by atoms with Gasteiger partial charge in [-0.15, -0.1) is 0 Å². The van der Waals surface area contributed by atoms with Crippen LogP contribution in [0, 0.1) is 0 Å². The molecule has 0 aliphatic carbocycles. The molecule has 3 unspecified atom stereocenters. The van der Waals surface area contributed by atoms with Crippen molar-refractivity contribution in [2.24, 2.45) is 0 Å². The number of hydrogen-bond donors (Lipinski definition) is 1. The van der Waals surface area contributed by atoms with Gasteiger partial charge in [0, 0.05) is 24.5 Å². The molecule has 1 saturated heterocycles. The van der Waals surface area contributed by atoms with Crippen LogP contribution in [0.25, 0.3) is 0 Å². The van der Waals surface area contributed by atoms with Gasteiger partial charge in [0.2, 0.25) is 0 Å². The molecule has 146 valence electrons. The van der Waals surface area contributed by atoms with Crippen molar-refractivity contribution >= 4 is 11.6 Å². The van der Waals surface area contributed by atoms with Crippen molar-refractivity contribution in [3.63, 3.8) is 0 Å². The molecular formula is C22H27ClO4. The van der Waals surface area contributed by atoms with Gasteiger partial charge in [0.1, 0.15) is 5.75 Å². The number of benzene rings is 2. The van der Waals surface area contributed by atoms with Crippen LogP contribution in [0.2, 0.25) is 5.02 Å². The lowest BCUT2D eigenvalue weighted by molar-refractivity contribution is -0.215. The summed E-state index contributed by atoms with van der Waals surface area (Å²) in [5.41, 5.74) is 3.22. The van der Waals surface area contributed by atoms with Gasteiger partial charge in [-0.1, -0.05) is 35.9 Å². The number of aliphatic hydroxyl groups is 1. The van der Waals surface area contributed by atoms with Crippen molar-refractivity contribution in [1.82, 2.24) is 0 Å². The first-order chi connectivity index (χ1) is 13.1. The summed E-state index contributed by atoms with van der Waals surface area (Å²) < 4.78 is 17.1. The highest BCUT2D eigenvalue weighted by atomic mass is 35.5. The van der Waals surface area contributed by atoms with Gasteiger partial charge in [0.05, 0.1) is 18.8 Å². The molecule has 1 fully saturated rings. The van der Waals surface area contributed by atoms with Crippen molar-refractivity contribution < 1.29 is 19.3 Å². The Balaban J connectivity index is 1.75. The Bertz CT molecular complexity index is 732. The van der Waals surface area contributed by atoms with Crippen molar-refractivity contribution in [2.75, 3.05) is 13.2 Å². The second kappa shape index (κ2) is 9.56. The van der Waals surface area contributed by atoms with E-state index < -0.39 is 6.10 Å². The van der Waals surface area contributed by atoms with Gasteiger partial charge in [0.15, 0.2) is 6.29 Å². The fraction of sp³-hybridized carbons (Fsp3) is 0.455. The van der Waals surface area contributed by atoms with E-state index in [2.05, 4.69) is 18.2 Å². The minimum Gasteiger partial charge on any atom is -0.494 e. The zero-order chi connectivity index (χ0) is 19.2. The topological polar surface area (TPSA) is 47.9 Å². The molecule has 0 amide bonds. The molecule has 1 N–H and O–H groups in total. The fourth-order valence-corrected chi connectivity index (χ4v) is 3.57. The first-order valence-corrected chi connectivity index (χ1v) is 9.92. The molecule has 0 spiro atoms. The van der Waals surface area contributed by atoms with E-state index in [9.17, 15) is 5.11 Å². The van der Waals surface area contributed by atoms with Gasteiger partial charge >= 0.3 is 0 Å². The lowest BCUT2D eigenvalue weighted by Crippen LogP contribution is -2.33. The van der Waals surface area contributed by atoms with Gasteiger partial charge in [-0.2, -0.15) is 0 Å². The summed E-state index contributed by atoms with van der Waals surface area (Å²) in [6, 6.07) is 14.0. The normalized spacial score (nSPS) is 22.6. The highest BCUT2D eigenvalue weighted by Gasteiger charge is 2.30. The molecular weight excluding hydrogens is 364 g/mol. The van der Waals surface area contributed by atoms with Gasteiger partial charge < -0.3 is 19.3 Å². The van der Waals surface area contributed by atoms with Crippen LogP contribution >= 0.6 is 11.6 Å². The molecule has 1 heterocycles. The van der Waals surface area contributed by atoms with E-state index in [0.29, 0.717) is 26.1 Å². The van der Waals surface area contributed by atoms with E-state index >= 15 is 0 Å². The molecule has 2 aromatic carbocycles. The largest absolute Gasteiger partial charge is 0.494 e. The molecule has 1 aliphatic heterocycles. The van der Waals surface area contributed by atoms with Crippen molar-refractivity contribution in [1.29, 1.82) is 0 Å². The molecule has 27 heavy (non-hydrogen) atoms. The van der Waals surface area contributed by atoms with Crippen LogP contribution in [-0.2, 0) is 15.9 Å². The van der Waals surface area contributed by atoms with Crippen molar-refractivity contribution in [3.8, 4) is 5.75 Å². The Hall–Kier alpha value is -1.59. The van der Waals surface area contributed by atoms with E-state index in [1.54, 1.807) is 0 Å². The van der Waals surface area contributed by atoms with Crippen LogP contribution < -0.4 is 4.74 Å². The molecule has 3 rings (SSSR count). The molecule has 0 saturated carbocycles. The van der Waals surface area contributed by atoms with Crippen LogP contribution in [0.1, 0.15) is 49.5 Å². The lowest BCUT2D eigenvalue weighted by atomic mass is 9.95. The first-order valence-electron chi connectivity index (χ1n) is 9.54. The number of halogens is 1. The summed E-state index contributed by atoms with van der Waals surface area (Å²) in [7, 11) is 0.